The molecule has 11 heteroatoms. The number of carbonyl (C=O) groups excluding carboxylic acids is 1. The molecule has 0 saturated heterocycles. The summed E-state index contributed by atoms with van der Waals surface area (Å²) in [6, 6.07) is 8.34. The normalized spacial score (nSPS) is 11.6. The third kappa shape index (κ3) is 5.54. The molecule has 0 fully saturated rings. The van der Waals surface area contributed by atoms with Crippen molar-refractivity contribution in [2.24, 2.45) is 5.73 Å². The van der Waals surface area contributed by atoms with Crippen LogP contribution < -0.4 is 11.1 Å². The quantitative estimate of drug-likeness (QED) is 0.240. The topological polar surface area (TPSA) is 146 Å². The van der Waals surface area contributed by atoms with Gasteiger partial charge in [-0.05, 0) is 37.3 Å². The second kappa shape index (κ2) is 9.67. The van der Waals surface area contributed by atoms with Crippen LogP contribution in [0, 0.1) is 15.9 Å². The Morgan fingerprint density at radius 2 is 1.97 bits per heavy atom. The van der Waals surface area contributed by atoms with Gasteiger partial charge in [-0.1, -0.05) is 0 Å². The molecule has 3 rings (SSSR count). The third-order valence-electron chi connectivity index (χ3n) is 4.17. The summed E-state index contributed by atoms with van der Waals surface area (Å²) in [5, 5.41) is 13.6. The highest BCUT2D eigenvalue weighted by atomic mass is 19.1. The fraction of sp³-hybridized carbons (Fsp3) is 0.200. The van der Waals surface area contributed by atoms with E-state index < -0.39 is 22.9 Å². The standard InChI is InChI=1S/C20H19FN6O4/c1-2-31-19(28)16-11-24-20(26-18(16)12-3-5-13(21)6-4-12)25-17(22)9-14-7-8-15(10-23-14)27(29)30/h3-8,10-11,17H,2,9,22H2,1H3,(H,24,25,26). The zero-order valence-corrected chi connectivity index (χ0v) is 16.5. The van der Waals surface area contributed by atoms with Gasteiger partial charge in [-0.25, -0.2) is 19.2 Å². The summed E-state index contributed by atoms with van der Waals surface area (Å²) in [5.74, 6) is -0.888. The van der Waals surface area contributed by atoms with Crippen LogP contribution in [0.5, 0.6) is 0 Å². The fourth-order valence-corrected chi connectivity index (χ4v) is 2.73. The molecule has 3 aromatic rings. The Morgan fingerprint density at radius 3 is 2.58 bits per heavy atom. The van der Waals surface area contributed by atoms with Crippen molar-refractivity contribution in [3.63, 3.8) is 0 Å². The lowest BCUT2D eigenvalue weighted by Crippen LogP contribution is -2.33. The van der Waals surface area contributed by atoms with E-state index >= 15 is 0 Å². The van der Waals surface area contributed by atoms with E-state index in [1.807, 2.05) is 0 Å². The van der Waals surface area contributed by atoms with E-state index in [1.165, 1.54) is 42.6 Å². The molecule has 1 aromatic carbocycles. The predicted octanol–water partition coefficient (Wildman–Crippen LogP) is 2.70. The number of esters is 1. The summed E-state index contributed by atoms with van der Waals surface area (Å²) >= 11 is 0. The number of anilines is 1. The molecule has 10 nitrogen and oxygen atoms in total. The molecule has 2 aromatic heterocycles. The molecule has 160 valence electrons. The van der Waals surface area contributed by atoms with Crippen molar-refractivity contribution >= 4 is 17.6 Å². The molecule has 1 unspecified atom stereocenters. The van der Waals surface area contributed by atoms with Crippen LogP contribution in [0.4, 0.5) is 16.0 Å². The van der Waals surface area contributed by atoms with Gasteiger partial charge in [-0.2, -0.15) is 0 Å². The number of aromatic nitrogens is 3. The number of ether oxygens (including phenoxy) is 1. The first-order valence-electron chi connectivity index (χ1n) is 9.29. The Balaban J connectivity index is 1.82. The van der Waals surface area contributed by atoms with Crippen LogP contribution in [0.1, 0.15) is 23.0 Å². The average Bonchev–Trinajstić information content (AvgIpc) is 2.74. The van der Waals surface area contributed by atoms with Crippen LogP contribution >= 0.6 is 0 Å². The van der Waals surface area contributed by atoms with Gasteiger partial charge in [-0.15, -0.1) is 0 Å². The van der Waals surface area contributed by atoms with E-state index in [1.54, 1.807) is 6.92 Å². The first-order chi connectivity index (χ1) is 14.9. The number of hydrogen-bond donors (Lipinski definition) is 2. The Labute approximate surface area is 176 Å². The number of carbonyl (C=O) groups is 1. The molecule has 0 aliphatic rings. The van der Waals surface area contributed by atoms with Gasteiger partial charge in [0.2, 0.25) is 5.95 Å². The summed E-state index contributed by atoms with van der Waals surface area (Å²) in [6.07, 6.45) is 2.04. The highest BCUT2D eigenvalue weighted by Gasteiger charge is 2.18. The maximum atomic E-state index is 13.3. The molecule has 0 aliphatic heterocycles. The molecule has 0 spiro atoms. The lowest BCUT2D eigenvalue weighted by Gasteiger charge is -2.15. The number of nitrogens with zero attached hydrogens (tertiary/aromatic N) is 4. The van der Waals surface area contributed by atoms with Gasteiger partial charge in [0.05, 0.1) is 23.4 Å². The predicted molar refractivity (Wildman–Crippen MR) is 110 cm³/mol. The number of halogens is 1. The highest BCUT2D eigenvalue weighted by Crippen LogP contribution is 2.24. The molecule has 2 heterocycles. The molecule has 1 atom stereocenters. The summed E-state index contributed by atoms with van der Waals surface area (Å²) in [7, 11) is 0. The fourth-order valence-electron chi connectivity index (χ4n) is 2.73. The van der Waals surface area contributed by atoms with Gasteiger partial charge in [0, 0.05) is 29.9 Å². The Morgan fingerprint density at radius 1 is 1.23 bits per heavy atom. The molecule has 0 saturated carbocycles. The maximum absolute atomic E-state index is 13.3. The highest BCUT2D eigenvalue weighted by molar-refractivity contribution is 5.96. The first-order valence-corrected chi connectivity index (χ1v) is 9.29. The summed E-state index contributed by atoms with van der Waals surface area (Å²) in [5.41, 5.74) is 7.39. The Bertz CT molecular complexity index is 1080. The minimum Gasteiger partial charge on any atom is -0.462 e. The van der Waals surface area contributed by atoms with E-state index in [0.717, 1.165) is 6.20 Å². The first kappa shape index (κ1) is 21.7. The van der Waals surface area contributed by atoms with Crippen molar-refractivity contribution in [2.75, 3.05) is 11.9 Å². The van der Waals surface area contributed by atoms with Gasteiger partial charge < -0.3 is 15.8 Å². The molecule has 0 amide bonds. The number of nitrogens with one attached hydrogen (secondary N) is 1. The largest absolute Gasteiger partial charge is 0.462 e. The van der Waals surface area contributed by atoms with E-state index in [-0.39, 0.29) is 35.9 Å². The van der Waals surface area contributed by atoms with Gasteiger partial charge >= 0.3 is 5.97 Å². The molecular weight excluding hydrogens is 407 g/mol. The Hall–Kier alpha value is -3.99. The minimum atomic E-state index is -0.663. The SMILES string of the molecule is CCOC(=O)c1cnc(NC(N)Cc2ccc([N+](=O)[O-])cn2)nc1-c1ccc(F)cc1. The van der Waals surface area contributed by atoms with Gasteiger partial charge in [-0.3, -0.25) is 15.1 Å². The van der Waals surface area contributed by atoms with E-state index in [4.69, 9.17) is 10.5 Å². The van der Waals surface area contributed by atoms with Gasteiger partial charge in [0.1, 0.15) is 17.6 Å². The van der Waals surface area contributed by atoms with Crippen molar-refractivity contribution in [3.8, 4) is 11.3 Å². The second-order valence-electron chi connectivity index (χ2n) is 6.40. The number of benzene rings is 1. The van der Waals surface area contributed by atoms with Crippen LogP contribution in [0.15, 0.2) is 48.8 Å². The van der Waals surface area contributed by atoms with Gasteiger partial charge in [0.15, 0.2) is 0 Å². The second-order valence-corrected chi connectivity index (χ2v) is 6.40. The molecule has 31 heavy (non-hydrogen) atoms. The number of hydrogen-bond acceptors (Lipinski definition) is 9. The van der Waals surface area contributed by atoms with E-state index in [9.17, 15) is 19.3 Å². The smallest absolute Gasteiger partial charge is 0.341 e. The van der Waals surface area contributed by atoms with Crippen LogP contribution in [-0.4, -0.2) is 38.6 Å². The summed E-state index contributed by atoms with van der Waals surface area (Å²) in [4.78, 5) is 35.0. The lowest BCUT2D eigenvalue weighted by atomic mass is 10.1. The number of nitrogens with two attached hydrogens (primary N) is 1. The van der Waals surface area contributed by atoms with Crippen molar-refractivity contribution in [1.82, 2.24) is 15.0 Å². The summed E-state index contributed by atoms with van der Waals surface area (Å²) < 4.78 is 18.4. The van der Waals surface area contributed by atoms with Crippen molar-refractivity contribution in [2.45, 2.75) is 19.5 Å². The molecular formula is C20H19FN6O4. The lowest BCUT2D eigenvalue weighted by molar-refractivity contribution is -0.385. The minimum absolute atomic E-state index is 0.118. The molecule has 0 aliphatic carbocycles. The van der Waals surface area contributed by atoms with Gasteiger partial charge in [0.25, 0.3) is 5.69 Å². The monoisotopic (exact) mass is 426 g/mol. The molecule has 3 N–H and O–H groups in total. The number of rotatable bonds is 8. The van der Waals surface area contributed by atoms with Crippen LogP contribution in [-0.2, 0) is 11.2 Å². The Kier molecular flexibility index (Phi) is 6.78. The van der Waals surface area contributed by atoms with E-state index in [2.05, 4.69) is 20.3 Å². The van der Waals surface area contributed by atoms with Crippen LogP contribution in [0.3, 0.4) is 0 Å². The van der Waals surface area contributed by atoms with Crippen molar-refractivity contribution in [1.29, 1.82) is 0 Å². The molecule has 0 bridgehead atoms. The number of nitro groups is 1. The number of pyridine rings is 1. The van der Waals surface area contributed by atoms with Crippen molar-refractivity contribution in [3.05, 3.63) is 76.0 Å². The van der Waals surface area contributed by atoms with E-state index in [0.29, 0.717) is 11.3 Å². The molecule has 0 radical (unpaired) electrons. The zero-order chi connectivity index (χ0) is 22.4. The van der Waals surface area contributed by atoms with Crippen LogP contribution in [0.2, 0.25) is 0 Å². The summed E-state index contributed by atoms with van der Waals surface area (Å²) in [6.45, 7) is 1.85. The van der Waals surface area contributed by atoms with Crippen molar-refractivity contribution < 1.29 is 18.8 Å². The average molecular weight is 426 g/mol. The van der Waals surface area contributed by atoms with Crippen LogP contribution in [0.25, 0.3) is 11.3 Å². The maximum Gasteiger partial charge on any atom is 0.341 e. The third-order valence-corrected chi connectivity index (χ3v) is 4.17. The zero-order valence-electron chi connectivity index (χ0n) is 16.5.